The van der Waals surface area contributed by atoms with Gasteiger partial charge in [-0.25, -0.2) is 18.4 Å². The van der Waals surface area contributed by atoms with Crippen LogP contribution in [0.4, 0.5) is 22.0 Å². The van der Waals surface area contributed by atoms with Gasteiger partial charge in [0.25, 0.3) is 0 Å². The van der Waals surface area contributed by atoms with E-state index in [0.717, 1.165) is 34.2 Å². The highest BCUT2D eigenvalue weighted by Gasteiger charge is 2.35. The Morgan fingerprint density at radius 3 is 2.27 bits per heavy atom. The third kappa shape index (κ3) is 2.94. The third-order valence-corrected chi connectivity index (χ3v) is 4.65. The highest BCUT2D eigenvalue weighted by Crippen LogP contribution is 2.35. The fraction of sp³-hybridized carbons (Fsp3) is 0.0588. The normalized spacial score (nSPS) is 12.0. The minimum absolute atomic E-state index is 0.108. The highest BCUT2D eigenvalue weighted by atomic mass is 32.1. The SMILES string of the molecule is Fc1ccc(-c2cc(C(F)(F)F)nn2-c2nc3ccc(F)cc3s2)cc1. The molecular formula is C17H8F5N3S. The zero-order valence-corrected chi connectivity index (χ0v) is 13.6. The van der Waals surface area contributed by atoms with Crippen LogP contribution in [0.3, 0.4) is 0 Å². The van der Waals surface area contributed by atoms with E-state index in [0.29, 0.717) is 15.8 Å². The summed E-state index contributed by atoms with van der Waals surface area (Å²) in [5, 5.41) is 3.77. The molecule has 0 fully saturated rings. The molecule has 4 aromatic rings. The molecule has 0 aliphatic rings. The standard InChI is InChI=1S/C17H8F5N3S/c18-10-3-1-9(2-4-10)13-8-15(17(20,21)22)24-25(13)16-23-12-6-5-11(19)7-14(12)26-16/h1-8H. The summed E-state index contributed by atoms with van der Waals surface area (Å²) >= 11 is 1.01. The Balaban J connectivity index is 1.93. The number of alkyl halides is 3. The van der Waals surface area contributed by atoms with E-state index in [1.807, 2.05) is 0 Å². The maximum atomic E-state index is 13.4. The van der Waals surface area contributed by atoms with Gasteiger partial charge in [-0.1, -0.05) is 11.3 Å². The maximum Gasteiger partial charge on any atom is 0.435 e. The second kappa shape index (κ2) is 5.87. The van der Waals surface area contributed by atoms with E-state index in [1.165, 1.54) is 30.3 Å². The van der Waals surface area contributed by atoms with E-state index >= 15 is 0 Å². The molecule has 0 atom stereocenters. The predicted octanol–water partition coefficient (Wildman–Crippen LogP) is 5.45. The van der Waals surface area contributed by atoms with E-state index in [4.69, 9.17) is 0 Å². The minimum Gasteiger partial charge on any atom is -0.218 e. The van der Waals surface area contributed by atoms with Gasteiger partial charge in [0.05, 0.1) is 15.9 Å². The summed E-state index contributed by atoms with van der Waals surface area (Å²) in [4.78, 5) is 4.23. The van der Waals surface area contributed by atoms with Gasteiger partial charge in [-0.15, -0.1) is 0 Å². The van der Waals surface area contributed by atoms with Crippen molar-refractivity contribution in [2.45, 2.75) is 6.18 Å². The van der Waals surface area contributed by atoms with Crippen LogP contribution in [-0.4, -0.2) is 14.8 Å². The van der Waals surface area contributed by atoms with E-state index < -0.39 is 23.5 Å². The lowest BCUT2D eigenvalue weighted by Crippen LogP contribution is -2.07. The van der Waals surface area contributed by atoms with Gasteiger partial charge in [-0.05, 0) is 48.5 Å². The Morgan fingerprint density at radius 2 is 1.58 bits per heavy atom. The van der Waals surface area contributed by atoms with Gasteiger partial charge in [0.2, 0.25) is 5.13 Å². The van der Waals surface area contributed by atoms with Crippen molar-refractivity contribution in [3.05, 3.63) is 65.9 Å². The summed E-state index contributed by atoms with van der Waals surface area (Å²) in [5.41, 5.74) is -0.195. The molecule has 0 aliphatic carbocycles. The number of fused-ring (bicyclic) bond motifs is 1. The van der Waals surface area contributed by atoms with Crippen molar-refractivity contribution < 1.29 is 22.0 Å². The van der Waals surface area contributed by atoms with E-state index in [2.05, 4.69) is 10.1 Å². The number of thiazole rings is 1. The number of hydrogen-bond donors (Lipinski definition) is 0. The lowest BCUT2D eigenvalue weighted by molar-refractivity contribution is -0.141. The first-order valence-corrected chi connectivity index (χ1v) is 8.12. The van der Waals surface area contributed by atoms with E-state index in [1.54, 1.807) is 0 Å². The third-order valence-electron chi connectivity index (χ3n) is 3.66. The average molecular weight is 381 g/mol. The molecule has 26 heavy (non-hydrogen) atoms. The molecule has 0 saturated carbocycles. The Kier molecular flexibility index (Phi) is 3.76. The molecule has 0 radical (unpaired) electrons. The molecule has 132 valence electrons. The Bertz CT molecular complexity index is 1100. The number of rotatable bonds is 2. The van der Waals surface area contributed by atoms with Gasteiger partial charge < -0.3 is 0 Å². The van der Waals surface area contributed by atoms with Crippen molar-refractivity contribution in [2.24, 2.45) is 0 Å². The van der Waals surface area contributed by atoms with Gasteiger partial charge in [0.1, 0.15) is 11.6 Å². The van der Waals surface area contributed by atoms with Crippen molar-refractivity contribution in [3.63, 3.8) is 0 Å². The second-order valence-corrected chi connectivity index (χ2v) is 6.45. The molecule has 0 aliphatic heterocycles. The van der Waals surface area contributed by atoms with Crippen LogP contribution in [0, 0.1) is 11.6 Å². The summed E-state index contributed by atoms with van der Waals surface area (Å²) in [5.74, 6) is -0.978. The summed E-state index contributed by atoms with van der Waals surface area (Å²) in [6, 6.07) is 9.79. The van der Waals surface area contributed by atoms with Gasteiger partial charge in [-0.2, -0.15) is 18.3 Å². The molecular weight excluding hydrogens is 373 g/mol. The molecule has 4 rings (SSSR count). The summed E-state index contributed by atoms with van der Waals surface area (Å²) in [6.45, 7) is 0. The Labute approximate surface area is 147 Å². The fourth-order valence-electron chi connectivity index (χ4n) is 2.47. The van der Waals surface area contributed by atoms with Crippen molar-refractivity contribution in [2.75, 3.05) is 0 Å². The van der Waals surface area contributed by atoms with Crippen LogP contribution < -0.4 is 0 Å². The highest BCUT2D eigenvalue weighted by molar-refractivity contribution is 7.20. The van der Waals surface area contributed by atoms with Crippen molar-refractivity contribution >= 4 is 21.6 Å². The molecule has 0 spiro atoms. The van der Waals surface area contributed by atoms with E-state index in [-0.39, 0.29) is 10.8 Å². The minimum atomic E-state index is -4.65. The first kappa shape index (κ1) is 16.6. The van der Waals surface area contributed by atoms with Gasteiger partial charge in [0.15, 0.2) is 5.69 Å². The number of halogens is 5. The number of nitrogens with zero attached hydrogens (tertiary/aromatic N) is 3. The molecule has 2 aromatic carbocycles. The van der Waals surface area contributed by atoms with Crippen LogP contribution in [0.1, 0.15) is 5.69 Å². The van der Waals surface area contributed by atoms with Crippen LogP contribution in [0.15, 0.2) is 48.5 Å². The fourth-order valence-corrected chi connectivity index (χ4v) is 3.42. The monoisotopic (exact) mass is 381 g/mol. The zero-order chi connectivity index (χ0) is 18.5. The molecule has 0 unspecified atom stereocenters. The largest absolute Gasteiger partial charge is 0.435 e. The molecule has 9 heteroatoms. The molecule has 0 saturated heterocycles. The number of hydrogen-bond acceptors (Lipinski definition) is 3. The lowest BCUT2D eigenvalue weighted by atomic mass is 10.1. The van der Waals surface area contributed by atoms with Crippen LogP contribution >= 0.6 is 11.3 Å². The Hall–Kier alpha value is -2.81. The maximum absolute atomic E-state index is 13.4. The smallest absolute Gasteiger partial charge is 0.218 e. The van der Waals surface area contributed by atoms with Crippen molar-refractivity contribution in [3.8, 4) is 16.4 Å². The van der Waals surface area contributed by atoms with Gasteiger partial charge >= 0.3 is 6.18 Å². The molecule has 0 N–H and O–H groups in total. The number of aromatic nitrogens is 3. The summed E-state index contributed by atoms with van der Waals surface area (Å²) in [6.07, 6.45) is -4.65. The second-order valence-electron chi connectivity index (χ2n) is 5.44. The molecule has 3 nitrogen and oxygen atoms in total. The van der Waals surface area contributed by atoms with Crippen molar-refractivity contribution in [1.82, 2.24) is 14.8 Å². The first-order valence-electron chi connectivity index (χ1n) is 7.31. The topological polar surface area (TPSA) is 30.7 Å². The summed E-state index contributed by atoms with van der Waals surface area (Å²) < 4.78 is 67.4. The van der Waals surface area contributed by atoms with E-state index in [9.17, 15) is 22.0 Å². The molecule has 2 aromatic heterocycles. The number of benzene rings is 2. The predicted molar refractivity (Wildman–Crippen MR) is 87.1 cm³/mol. The van der Waals surface area contributed by atoms with Crippen LogP contribution in [-0.2, 0) is 6.18 Å². The lowest BCUT2D eigenvalue weighted by Gasteiger charge is -2.03. The van der Waals surface area contributed by atoms with Crippen LogP contribution in [0.5, 0.6) is 0 Å². The van der Waals surface area contributed by atoms with Crippen LogP contribution in [0.2, 0.25) is 0 Å². The zero-order valence-electron chi connectivity index (χ0n) is 12.8. The van der Waals surface area contributed by atoms with Gasteiger partial charge in [0, 0.05) is 5.56 Å². The Morgan fingerprint density at radius 1 is 0.885 bits per heavy atom. The van der Waals surface area contributed by atoms with Gasteiger partial charge in [-0.3, -0.25) is 0 Å². The average Bonchev–Trinajstić information content (AvgIpc) is 3.18. The molecule has 0 amide bonds. The molecule has 0 bridgehead atoms. The first-order chi connectivity index (χ1) is 12.3. The molecule has 2 heterocycles. The van der Waals surface area contributed by atoms with Crippen LogP contribution in [0.25, 0.3) is 26.6 Å². The van der Waals surface area contributed by atoms with Crippen molar-refractivity contribution in [1.29, 1.82) is 0 Å². The summed E-state index contributed by atoms with van der Waals surface area (Å²) in [7, 11) is 0. The quantitative estimate of drug-likeness (QED) is 0.433.